The standard InChI is InChI=1S/C18H26N2OS/c1-2-15-6-8-16(9-7-15)13-20(14-17-5-3-11-21-17)18-19-10-4-12-22-18/h6-9,17H,2-5,10-14H2,1H3. The number of hydrogen-bond acceptors (Lipinski definition) is 4. The predicted octanol–water partition coefficient (Wildman–Crippen LogP) is 3.72. The number of hydrogen-bond donors (Lipinski definition) is 0. The highest BCUT2D eigenvalue weighted by Crippen LogP contribution is 2.22. The molecule has 1 atom stereocenters. The lowest BCUT2D eigenvalue weighted by atomic mass is 10.1. The molecule has 0 spiro atoms. The molecule has 2 aliphatic rings. The van der Waals surface area contributed by atoms with Gasteiger partial charge in [-0.3, -0.25) is 4.99 Å². The average Bonchev–Trinajstić information content (AvgIpc) is 3.09. The van der Waals surface area contributed by atoms with E-state index in [1.54, 1.807) is 0 Å². The number of thioether (sulfide) groups is 1. The second-order valence-electron chi connectivity index (χ2n) is 6.05. The Balaban J connectivity index is 1.69. The van der Waals surface area contributed by atoms with Gasteiger partial charge >= 0.3 is 0 Å². The molecule has 1 aromatic carbocycles. The van der Waals surface area contributed by atoms with Crippen molar-refractivity contribution in [1.29, 1.82) is 0 Å². The molecule has 2 aliphatic heterocycles. The molecule has 2 heterocycles. The largest absolute Gasteiger partial charge is 0.376 e. The van der Waals surface area contributed by atoms with E-state index in [-0.39, 0.29) is 0 Å². The Morgan fingerprint density at radius 2 is 2.05 bits per heavy atom. The van der Waals surface area contributed by atoms with Crippen LogP contribution >= 0.6 is 11.8 Å². The molecule has 22 heavy (non-hydrogen) atoms. The summed E-state index contributed by atoms with van der Waals surface area (Å²) in [6.07, 6.45) is 5.06. The molecule has 0 bridgehead atoms. The lowest BCUT2D eigenvalue weighted by Gasteiger charge is -2.29. The van der Waals surface area contributed by atoms with Crippen LogP contribution in [0, 0.1) is 0 Å². The number of aryl methyl sites for hydroxylation is 1. The lowest BCUT2D eigenvalue weighted by molar-refractivity contribution is 0.0906. The van der Waals surface area contributed by atoms with E-state index in [0.717, 1.165) is 32.7 Å². The molecule has 0 radical (unpaired) electrons. The van der Waals surface area contributed by atoms with Crippen LogP contribution in [0.3, 0.4) is 0 Å². The molecule has 0 amide bonds. The quantitative estimate of drug-likeness (QED) is 0.827. The first-order valence-electron chi connectivity index (χ1n) is 8.47. The zero-order chi connectivity index (χ0) is 15.2. The molecule has 1 unspecified atom stereocenters. The van der Waals surface area contributed by atoms with Gasteiger partial charge in [0.05, 0.1) is 6.10 Å². The van der Waals surface area contributed by atoms with Gasteiger partial charge in [0.1, 0.15) is 0 Å². The Morgan fingerprint density at radius 3 is 2.68 bits per heavy atom. The summed E-state index contributed by atoms with van der Waals surface area (Å²) in [6.45, 7) is 6.01. The van der Waals surface area contributed by atoms with E-state index in [2.05, 4.69) is 36.1 Å². The van der Waals surface area contributed by atoms with Gasteiger partial charge in [0.15, 0.2) is 5.17 Å². The van der Waals surface area contributed by atoms with Crippen LogP contribution in [0.5, 0.6) is 0 Å². The molecule has 0 aromatic heterocycles. The van der Waals surface area contributed by atoms with Gasteiger partial charge in [0.2, 0.25) is 0 Å². The Kier molecular flexibility index (Phi) is 5.79. The first kappa shape index (κ1) is 15.9. The highest BCUT2D eigenvalue weighted by atomic mass is 32.2. The van der Waals surface area contributed by atoms with E-state index in [4.69, 9.17) is 9.73 Å². The second kappa shape index (κ2) is 8.02. The van der Waals surface area contributed by atoms with Crippen molar-refractivity contribution in [2.45, 2.75) is 45.3 Å². The van der Waals surface area contributed by atoms with Gasteiger partial charge < -0.3 is 9.64 Å². The van der Waals surface area contributed by atoms with Crippen molar-refractivity contribution in [1.82, 2.24) is 4.90 Å². The SMILES string of the molecule is CCc1ccc(CN(CC2CCCO2)C2=NCCCS2)cc1. The summed E-state index contributed by atoms with van der Waals surface area (Å²) in [7, 11) is 0. The lowest BCUT2D eigenvalue weighted by Crippen LogP contribution is -2.36. The summed E-state index contributed by atoms with van der Waals surface area (Å²) in [4.78, 5) is 7.18. The van der Waals surface area contributed by atoms with E-state index in [1.807, 2.05) is 11.8 Å². The molecule has 0 N–H and O–H groups in total. The fraction of sp³-hybridized carbons (Fsp3) is 0.611. The van der Waals surface area contributed by atoms with Crippen LogP contribution in [-0.2, 0) is 17.7 Å². The highest BCUT2D eigenvalue weighted by molar-refractivity contribution is 8.13. The van der Waals surface area contributed by atoms with Crippen LogP contribution in [0.15, 0.2) is 29.3 Å². The number of nitrogens with zero attached hydrogens (tertiary/aromatic N) is 2. The monoisotopic (exact) mass is 318 g/mol. The Hall–Kier alpha value is -1.00. The van der Waals surface area contributed by atoms with Crippen LogP contribution < -0.4 is 0 Å². The van der Waals surface area contributed by atoms with Gasteiger partial charge in [-0.2, -0.15) is 0 Å². The molecule has 120 valence electrons. The summed E-state index contributed by atoms with van der Waals surface area (Å²) in [5.41, 5.74) is 2.77. The number of aliphatic imine (C=N–C) groups is 1. The van der Waals surface area contributed by atoms with Gasteiger partial charge in [0.25, 0.3) is 0 Å². The summed E-state index contributed by atoms with van der Waals surface area (Å²) in [5, 5.41) is 1.21. The molecule has 3 rings (SSSR count). The van der Waals surface area contributed by atoms with Crippen molar-refractivity contribution in [2.75, 3.05) is 25.4 Å². The van der Waals surface area contributed by atoms with E-state index < -0.39 is 0 Å². The average molecular weight is 318 g/mol. The van der Waals surface area contributed by atoms with Gasteiger partial charge in [-0.05, 0) is 36.8 Å². The number of ether oxygens (including phenoxy) is 1. The van der Waals surface area contributed by atoms with Crippen LogP contribution in [0.2, 0.25) is 0 Å². The third-order valence-corrected chi connectivity index (χ3v) is 5.44. The number of benzene rings is 1. The Bertz CT molecular complexity index is 494. The summed E-state index contributed by atoms with van der Waals surface area (Å²) in [6, 6.07) is 9.01. The number of amidine groups is 1. The fourth-order valence-corrected chi connectivity index (χ4v) is 3.95. The molecule has 3 nitrogen and oxygen atoms in total. The number of rotatable bonds is 5. The minimum Gasteiger partial charge on any atom is -0.376 e. The van der Waals surface area contributed by atoms with E-state index in [9.17, 15) is 0 Å². The van der Waals surface area contributed by atoms with E-state index in [0.29, 0.717) is 6.10 Å². The van der Waals surface area contributed by atoms with Crippen molar-refractivity contribution >= 4 is 16.9 Å². The maximum Gasteiger partial charge on any atom is 0.159 e. The topological polar surface area (TPSA) is 24.8 Å². The normalized spacial score (nSPS) is 21.7. The first-order valence-corrected chi connectivity index (χ1v) is 9.45. The summed E-state index contributed by atoms with van der Waals surface area (Å²) < 4.78 is 5.84. The molecule has 1 saturated heterocycles. The van der Waals surface area contributed by atoms with Crippen molar-refractivity contribution in [2.24, 2.45) is 4.99 Å². The predicted molar refractivity (Wildman–Crippen MR) is 94.6 cm³/mol. The maximum atomic E-state index is 5.84. The highest BCUT2D eigenvalue weighted by Gasteiger charge is 2.22. The molecule has 1 aromatic rings. The van der Waals surface area contributed by atoms with Crippen molar-refractivity contribution in [3.8, 4) is 0 Å². The van der Waals surface area contributed by atoms with Crippen LogP contribution in [-0.4, -0.2) is 41.6 Å². The minimum atomic E-state index is 0.375. The summed E-state index contributed by atoms with van der Waals surface area (Å²) >= 11 is 1.90. The zero-order valence-electron chi connectivity index (χ0n) is 13.5. The van der Waals surface area contributed by atoms with E-state index in [1.165, 1.54) is 41.3 Å². The Labute approximate surface area is 138 Å². The van der Waals surface area contributed by atoms with Crippen molar-refractivity contribution in [3.63, 3.8) is 0 Å². The third kappa shape index (κ3) is 4.26. The van der Waals surface area contributed by atoms with Gasteiger partial charge in [-0.15, -0.1) is 0 Å². The van der Waals surface area contributed by atoms with Crippen LogP contribution in [0.4, 0.5) is 0 Å². The molecule has 1 fully saturated rings. The molecule has 4 heteroatoms. The third-order valence-electron chi connectivity index (χ3n) is 4.30. The maximum absolute atomic E-state index is 5.84. The Morgan fingerprint density at radius 1 is 1.23 bits per heavy atom. The van der Waals surface area contributed by atoms with Crippen LogP contribution in [0.25, 0.3) is 0 Å². The molecule has 0 saturated carbocycles. The zero-order valence-corrected chi connectivity index (χ0v) is 14.3. The fourth-order valence-electron chi connectivity index (χ4n) is 2.98. The molecular weight excluding hydrogens is 292 g/mol. The minimum absolute atomic E-state index is 0.375. The van der Waals surface area contributed by atoms with Gasteiger partial charge in [-0.25, -0.2) is 0 Å². The van der Waals surface area contributed by atoms with E-state index >= 15 is 0 Å². The van der Waals surface area contributed by atoms with Crippen LogP contribution in [0.1, 0.15) is 37.3 Å². The first-order chi connectivity index (χ1) is 10.8. The molecular formula is C18H26N2OS. The van der Waals surface area contributed by atoms with Gasteiger partial charge in [0, 0.05) is 32.0 Å². The second-order valence-corrected chi connectivity index (χ2v) is 7.11. The van der Waals surface area contributed by atoms with Crippen molar-refractivity contribution in [3.05, 3.63) is 35.4 Å². The summed E-state index contributed by atoms with van der Waals surface area (Å²) in [5.74, 6) is 1.19. The van der Waals surface area contributed by atoms with Gasteiger partial charge in [-0.1, -0.05) is 43.0 Å². The van der Waals surface area contributed by atoms with Crippen molar-refractivity contribution < 1.29 is 4.74 Å². The smallest absolute Gasteiger partial charge is 0.159 e. The molecule has 0 aliphatic carbocycles.